The van der Waals surface area contributed by atoms with Crippen molar-refractivity contribution in [3.63, 3.8) is 0 Å². The molecule has 0 aromatic carbocycles. The zero-order valence-electron chi connectivity index (χ0n) is 8.01. The maximum absolute atomic E-state index is 10.6. The average molecular weight is 224 g/mol. The molecule has 4 nitrogen and oxygen atoms in total. The third-order valence-electron chi connectivity index (χ3n) is 1.78. The molecule has 1 saturated heterocycles. The van der Waals surface area contributed by atoms with E-state index in [2.05, 4.69) is 18.3 Å². The van der Waals surface area contributed by atoms with Crippen LogP contribution in [0.25, 0.3) is 0 Å². The van der Waals surface area contributed by atoms with Gasteiger partial charge < -0.3 is 10.4 Å². The van der Waals surface area contributed by atoms with Gasteiger partial charge in [0.1, 0.15) is 0 Å². The molecule has 1 heterocycles. The van der Waals surface area contributed by atoms with Crippen LogP contribution >= 0.6 is 0 Å². The number of halogens is 3. The topological polar surface area (TPSA) is 73.1 Å². The highest BCUT2D eigenvalue weighted by atomic mass is 19.4. The van der Waals surface area contributed by atoms with Crippen LogP contribution in [-0.4, -0.2) is 29.8 Å². The highest BCUT2D eigenvalue weighted by Gasteiger charge is 2.38. The summed E-state index contributed by atoms with van der Waals surface area (Å²) in [6.07, 6.45) is -4.06. The first-order valence-electron chi connectivity index (χ1n) is 4.20. The van der Waals surface area contributed by atoms with Crippen LogP contribution in [0.3, 0.4) is 0 Å². The Kier molecular flexibility index (Phi) is 5.08. The van der Waals surface area contributed by atoms with Gasteiger partial charge in [0, 0.05) is 12.6 Å². The fourth-order valence-corrected chi connectivity index (χ4v) is 1.04. The molecule has 1 aliphatic rings. The van der Waals surface area contributed by atoms with Gasteiger partial charge in [-0.05, 0) is 13.3 Å². The second-order valence-electron chi connectivity index (χ2n) is 3.17. The lowest BCUT2D eigenvalue weighted by molar-refractivity contribution is -0.192. The number of nitrogens with one attached hydrogen (secondary N) is 1. The molecule has 0 spiro atoms. The minimum absolute atomic E-state index is 0.269. The van der Waals surface area contributed by atoms with E-state index in [9.17, 15) is 13.2 Å². The molecule has 0 radical (unpaired) electrons. The Morgan fingerprint density at radius 1 is 1.60 bits per heavy atom. The Bertz CT molecular complexity index is 260. The second kappa shape index (κ2) is 5.56. The van der Waals surface area contributed by atoms with Crippen molar-refractivity contribution < 1.29 is 23.1 Å². The number of carbonyl (C=O) groups is 1. The first-order valence-corrected chi connectivity index (χ1v) is 4.20. The molecule has 7 heteroatoms. The van der Waals surface area contributed by atoms with Crippen LogP contribution < -0.4 is 5.32 Å². The maximum atomic E-state index is 10.6. The molecule has 15 heavy (non-hydrogen) atoms. The van der Waals surface area contributed by atoms with E-state index < -0.39 is 12.1 Å². The molecule has 2 atom stereocenters. The first kappa shape index (κ1) is 13.7. The van der Waals surface area contributed by atoms with Crippen LogP contribution in [0.4, 0.5) is 13.2 Å². The summed E-state index contributed by atoms with van der Waals surface area (Å²) in [5, 5.41) is 18.7. The van der Waals surface area contributed by atoms with Gasteiger partial charge in [0.15, 0.2) is 0 Å². The van der Waals surface area contributed by atoms with Crippen molar-refractivity contribution in [2.24, 2.45) is 5.92 Å². The van der Waals surface area contributed by atoms with Gasteiger partial charge in [0.2, 0.25) is 0 Å². The largest absolute Gasteiger partial charge is 0.490 e. The summed E-state index contributed by atoms with van der Waals surface area (Å²) in [5.74, 6) is -2.49. The average Bonchev–Trinajstić information content (AvgIpc) is 2.50. The molecule has 1 fully saturated rings. The van der Waals surface area contributed by atoms with E-state index >= 15 is 0 Å². The minimum Gasteiger partial charge on any atom is -0.475 e. The van der Waals surface area contributed by atoms with Crippen LogP contribution in [0.1, 0.15) is 13.3 Å². The van der Waals surface area contributed by atoms with Crippen LogP contribution in [0, 0.1) is 17.2 Å². The number of carboxylic acids is 1. The molecule has 0 aromatic rings. The van der Waals surface area contributed by atoms with Crippen LogP contribution in [0.5, 0.6) is 0 Å². The predicted molar refractivity (Wildman–Crippen MR) is 44.9 cm³/mol. The monoisotopic (exact) mass is 224 g/mol. The second-order valence-corrected chi connectivity index (χ2v) is 3.17. The summed E-state index contributed by atoms with van der Waals surface area (Å²) in [7, 11) is 0. The number of aliphatic carboxylic acids is 1. The van der Waals surface area contributed by atoms with E-state index in [0.717, 1.165) is 13.0 Å². The van der Waals surface area contributed by atoms with Crippen molar-refractivity contribution in [3.05, 3.63) is 0 Å². The molecule has 0 saturated carbocycles. The zero-order chi connectivity index (χ0) is 12.1. The Hall–Kier alpha value is -1.29. The van der Waals surface area contributed by atoms with Crippen molar-refractivity contribution >= 4 is 5.97 Å². The van der Waals surface area contributed by atoms with Gasteiger partial charge in [-0.1, -0.05) is 0 Å². The third-order valence-corrected chi connectivity index (χ3v) is 1.78. The van der Waals surface area contributed by atoms with Crippen molar-refractivity contribution in [1.82, 2.24) is 5.32 Å². The van der Waals surface area contributed by atoms with Crippen LogP contribution in [-0.2, 0) is 4.79 Å². The SMILES string of the molecule is C[C@@H]1C[C@H](C#N)CN1.O=C(O)C(F)(F)F. The maximum Gasteiger partial charge on any atom is 0.490 e. The van der Waals surface area contributed by atoms with E-state index in [4.69, 9.17) is 15.2 Å². The van der Waals surface area contributed by atoms with Gasteiger partial charge in [-0.25, -0.2) is 4.79 Å². The molecule has 86 valence electrons. The molecule has 2 N–H and O–H groups in total. The Morgan fingerprint density at radius 3 is 2.20 bits per heavy atom. The van der Waals surface area contributed by atoms with Gasteiger partial charge in [-0.2, -0.15) is 18.4 Å². The fraction of sp³-hybridized carbons (Fsp3) is 0.750. The predicted octanol–water partition coefficient (Wildman–Crippen LogP) is 1.14. The van der Waals surface area contributed by atoms with Crippen molar-refractivity contribution in [3.8, 4) is 6.07 Å². The van der Waals surface area contributed by atoms with Gasteiger partial charge in [-0.3, -0.25) is 0 Å². The normalized spacial score (nSPS) is 25.0. The highest BCUT2D eigenvalue weighted by molar-refractivity contribution is 5.73. The Balaban J connectivity index is 0.000000265. The molecule has 1 aliphatic heterocycles. The lowest BCUT2D eigenvalue weighted by atomic mass is 10.1. The molecule has 0 amide bonds. The number of rotatable bonds is 0. The van der Waals surface area contributed by atoms with E-state index in [1.54, 1.807) is 0 Å². The molecule has 0 bridgehead atoms. The van der Waals surface area contributed by atoms with Crippen molar-refractivity contribution in [2.75, 3.05) is 6.54 Å². The summed E-state index contributed by atoms with van der Waals surface area (Å²) in [4.78, 5) is 8.90. The number of carboxylic acid groups (broad SMARTS) is 1. The van der Waals surface area contributed by atoms with Gasteiger partial charge in [-0.15, -0.1) is 0 Å². The van der Waals surface area contributed by atoms with E-state index in [-0.39, 0.29) is 5.92 Å². The van der Waals surface area contributed by atoms with Crippen molar-refractivity contribution in [1.29, 1.82) is 5.26 Å². The summed E-state index contributed by atoms with van der Waals surface area (Å²) >= 11 is 0. The van der Waals surface area contributed by atoms with Gasteiger partial charge in [0.25, 0.3) is 0 Å². The number of nitrogens with zero attached hydrogens (tertiary/aromatic N) is 1. The fourth-order valence-electron chi connectivity index (χ4n) is 1.04. The summed E-state index contributed by atoms with van der Waals surface area (Å²) < 4.78 is 31.7. The summed E-state index contributed by atoms with van der Waals surface area (Å²) in [6, 6.07) is 2.79. The Labute approximate surface area is 84.7 Å². The highest BCUT2D eigenvalue weighted by Crippen LogP contribution is 2.13. The molecular weight excluding hydrogens is 213 g/mol. The molecule has 0 aliphatic carbocycles. The lowest BCUT2D eigenvalue weighted by Crippen LogP contribution is -2.21. The smallest absolute Gasteiger partial charge is 0.475 e. The number of hydrogen-bond donors (Lipinski definition) is 2. The number of hydrogen-bond acceptors (Lipinski definition) is 3. The first-order chi connectivity index (χ1) is 6.77. The molecule has 1 rings (SSSR count). The van der Waals surface area contributed by atoms with E-state index in [0.29, 0.717) is 6.04 Å². The zero-order valence-corrected chi connectivity index (χ0v) is 8.01. The summed E-state index contributed by atoms with van der Waals surface area (Å²) in [5.41, 5.74) is 0. The van der Waals surface area contributed by atoms with Crippen LogP contribution in [0.15, 0.2) is 0 Å². The lowest BCUT2D eigenvalue weighted by Gasteiger charge is -1.95. The third kappa shape index (κ3) is 5.91. The standard InChI is InChI=1S/C6H10N2.C2HF3O2/c1-5-2-6(3-7)4-8-5;3-2(4,5)1(6)7/h5-6,8H,2,4H2,1H3;(H,6,7)/t5-,6-;/m1./s1. The van der Waals surface area contributed by atoms with Gasteiger partial charge >= 0.3 is 12.1 Å². The Morgan fingerprint density at radius 2 is 2.07 bits per heavy atom. The molecule has 0 aromatic heterocycles. The summed E-state index contributed by atoms with van der Waals surface area (Å²) in [6.45, 7) is 3.00. The van der Waals surface area contributed by atoms with Gasteiger partial charge in [0.05, 0.1) is 12.0 Å². The molecular formula is C8H11F3N2O2. The van der Waals surface area contributed by atoms with Crippen molar-refractivity contribution in [2.45, 2.75) is 25.6 Å². The number of alkyl halides is 3. The van der Waals surface area contributed by atoms with E-state index in [1.807, 2.05) is 0 Å². The minimum atomic E-state index is -5.08. The number of nitriles is 1. The van der Waals surface area contributed by atoms with Crippen LogP contribution in [0.2, 0.25) is 0 Å². The quantitative estimate of drug-likeness (QED) is 0.647. The molecule has 0 unspecified atom stereocenters. The van der Waals surface area contributed by atoms with E-state index in [1.165, 1.54) is 0 Å².